The third-order valence-corrected chi connectivity index (χ3v) is 3.30. The number of methoxy groups -OCH3 is 1. The Bertz CT molecular complexity index is 543. The number of amides is 2. The van der Waals surface area contributed by atoms with E-state index in [-0.39, 0.29) is 12.3 Å². The summed E-state index contributed by atoms with van der Waals surface area (Å²) in [5, 5.41) is 14.0. The zero-order valence-electron chi connectivity index (χ0n) is 10.9. The number of anilines is 1. The van der Waals surface area contributed by atoms with E-state index in [1.54, 1.807) is 0 Å². The fourth-order valence-electron chi connectivity index (χ4n) is 1.78. The number of halogens is 1. The Labute approximate surface area is 114 Å². The highest BCUT2D eigenvalue weighted by atomic mass is 19.1. The number of hydrogen-bond donors (Lipinski definition) is 3. The second-order valence-electron chi connectivity index (χ2n) is 4.74. The first-order valence-electron chi connectivity index (χ1n) is 6.09. The number of carbonyl (C=O) groups is 2. The standard InChI is InChI=1S/C13H15FN2O4/c1-20-10-6-8(2-3-9(10)14)16-12(19)15-7-13(4-5-13)11(17)18/h2-3,6H,4-5,7H2,1H3,(H,17,18)(H2,15,16,19). The summed E-state index contributed by atoms with van der Waals surface area (Å²) < 4.78 is 18.0. The molecule has 0 bridgehead atoms. The smallest absolute Gasteiger partial charge is 0.319 e. The van der Waals surface area contributed by atoms with Gasteiger partial charge in [0.1, 0.15) is 0 Å². The number of benzene rings is 1. The molecule has 2 rings (SSSR count). The number of aliphatic carboxylic acids is 1. The van der Waals surface area contributed by atoms with Crippen molar-refractivity contribution in [3.05, 3.63) is 24.0 Å². The second-order valence-corrected chi connectivity index (χ2v) is 4.74. The van der Waals surface area contributed by atoms with Gasteiger partial charge in [0.05, 0.1) is 12.5 Å². The van der Waals surface area contributed by atoms with Crippen LogP contribution in [0.5, 0.6) is 5.75 Å². The van der Waals surface area contributed by atoms with Crippen LogP contribution in [0.1, 0.15) is 12.8 Å². The van der Waals surface area contributed by atoms with Gasteiger partial charge in [-0.2, -0.15) is 0 Å². The van der Waals surface area contributed by atoms with Crippen molar-refractivity contribution in [2.24, 2.45) is 5.41 Å². The Morgan fingerprint density at radius 2 is 2.15 bits per heavy atom. The molecule has 1 aliphatic rings. The summed E-state index contributed by atoms with van der Waals surface area (Å²) >= 11 is 0. The summed E-state index contributed by atoms with van der Waals surface area (Å²) in [4.78, 5) is 22.6. The zero-order chi connectivity index (χ0) is 14.8. The van der Waals surface area contributed by atoms with E-state index in [0.717, 1.165) is 0 Å². The lowest BCUT2D eigenvalue weighted by molar-refractivity contribution is -0.143. The molecule has 1 aliphatic carbocycles. The molecule has 0 aliphatic heterocycles. The van der Waals surface area contributed by atoms with Gasteiger partial charge in [-0.15, -0.1) is 0 Å². The number of hydrogen-bond acceptors (Lipinski definition) is 3. The van der Waals surface area contributed by atoms with Gasteiger partial charge < -0.3 is 20.5 Å². The lowest BCUT2D eigenvalue weighted by Gasteiger charge is -2.12. The van der Waals surface area contributed by atoms with E-state index < -0.39 is 23.2 Å². The lowest BCUT2D eigenvalue weighted by Crippen LogP contribution is -2.36. The average Bonchev–Trinajstić information content (AvgIpc) is 3.20. The maximum Gasteiger partial charge on any atom is 0.319 e. The molecule has 2 amide bonds. The Morgan fingerprint density at radius 1 is 1.45 bits per heavy atom. The van der Waals surface area contributed by atoms with Crippen LogP contribution in [-0.2, 0) is 4.79 Å². The average molecular weight is 282 g/mol. The fraction of sp³-hybridized carbons (Fsp3) is 0.385. The predicted octanol–water partition coefficient (Wildman–Crippen LogP) is 1.82. The molecule has 3 N–H and O–H groups in total. The quantitative estimate of drug-likeness (QED) is 0.768. The molecular weight excluding hydrogens is 267 g/mol. The van der Waals surface area contributed by atoms with Crippen LogP contribution in [0, 0.1) is 11.2 Å². The Kier molecular flexibility index (Phi) is 3.78. The minimum absolute atomic E-state index is 0.0204. The van der Waals surface area contributed by atoms with Gasteiger partial charge in [0, 0.05) is 18.3 Å². The highest BCUT2D eigenvalue weighted by Gasteiger charge is 2.50. The topological polar surface area (TPSA) is 87.7 Å². The Hall–Kier alpha value is -2.31. The van der Waals surface area contributed by atoms with Gasteiger partial charge in [-0.05, 0) is 25.0 Å². The van der Waals surface area contributed by atoms with Gasteiger partial charge in [-0.1, -0.05) is 0 Å². The van der Waals surface area contributed by atoms with Gasteiger partial charge in [-0.25, -0.2) is 9.18 Å². The van der Waals surface area contributed by atoms with Crippen LogP contribution in [0.2, 0.25) is 0 Å². The number of nitrogens with one attached hydrogen (secondary N) is 2. The number of carboxylic acids is 1. The third kappa shape index (κ3) is 2.98. The first-order valence-corrected chi connectivity index (χ1v) is 6.09. The maximum absolute atomic E-state index is 13.2. The summed E-state index contributed by atoms with van der Waals surface area (Å²) in [6.45, 7) is 0.0759. The second kappa shape index (κ2) is 5.36. The van der Waals surface area contributed by atoms with Gasteiger partial charge in [-0.3, -0.25) is 4.79 Å². The molecule has 0 unspecified atom stereocenters. The van der Waals surface area contributed by atoms with Crippen molar-refractivity contribution in [3.8, 4) is 5.75 Å². The van der Waals surface area contributed by atoms with Crippen molar-refractivity contribution in [1.29, 1.82) is 0 Å². The van der Waals surface area contributed by atoms with Crippen LogP contribution in [0.25, 0.3) is 0 Å². The number of urea groups is 1. The van der Waals surface area contributed by atoms with Crippen LogP contribution in [0.3, 0.4) is 0 Å². The summed E-state index contributed by atoms with van der Waals surface area (Å²) in [6.07, 6.45) is 1.12. The normalized spacial score (nSPS) is 15.3. The number of carbonyl (C=O) groups excluding carboxylic acids is 1. The minimum Gasteiger partial charge on any atom is -0.494 e. The maximum atomic E-state index is 13.2. The molecule has 20 heavy (non-hydrogen) atoms. The monoisotopic (exact) mass is 282 g/mol. The molecular formula is C13H15FN2O4. The predicted molar refractivity (Wildman–Crippen MR) is 69.3 cm³/mol. The van der Waals surface area contributed by atoms with E-state index in [1.807, 2.05) is 0 Å². The third-order valence-electron chi connectivity index (χ3n) is 3.30. The summed E-state index contributed by atoms with van der Waals surface area (Å²) in [6, 6.07) is 3.38. The van der Waals surface area contributed by atoms with E-state index in [4.69, 9.17) is 9.84 Å². The minimum atomic E-state index is -0.902. The number of rotatable bonds is 5. The summed E-state index contributed by atoms with van der Waals surface area (Å²) in [5.41, 5.74) is -0.460. The lowest BCUT2D eigenvalue weighted by atomic mass is 10.1. The largest absolute Gasteiger partial charge is 0.494 e. The van der Waals surface area contributed by atoms with Crippen LogP contribution < -0.4 is 15.4 Å². The molecule has 6 nitrogen and oxygen atoms in total. The van der Waals surface area contributed by atoms with Gasteiger partial charge >= 0.3 is 12.0 Å². The Morgan fingerprint density at radius 3 is 2.70 bits per heavy atom. The first kappa shape index (κ1) is 14.1. The van der Waals surface area contributed by atoms with Crippen molar-refractivity contribution < 1.29 is 23.8 Å². The molecule has 1 fully saturated rings. The van der Waals surface area contributed by atoms with Gasteiger partial charge in [0.2, 0.25) is 0 Å². The first-order chi connectivity index (χ1) is 9.47. The molecule has 7 heteroatoms. The highest BCUT2D eigenvalue weighted by Crippen LogP contribution is 2.45. The molecule has 0 atom stereocenters. The summed E-state index contributed by atoms with van der Waals surface area (Å²) in [5.74, 6) is -1.41. The Balaban J connectivity index is 1.90. The molecule has 1 saturated carbocycles. The van der Waals surface area contributed by atoms with Crippen molar-refractivity contribution in [2.45, 2.75) is 12.8 Å². The van der Waals surface area contributed by atoms with Crippen LogP contribution >= 0.6 is 0 Å². The van der Waals surface area contributed by atoms with E-state index in [0.29, 0.717) is 18.5 Å². The zero-order valence-corrected chi connectivity index (χ0v) is 10.9. The van der Waals surface area contributed by atoms with Crippen molar-refractivity contribution >= 4 is 17.7 Å². The highest BCUT2D eigenvalue weighted by molar-refractivity contribution is 5.90. The van der Waals surface area contributed by atoms with E-state index in [2.05, 4.69) is 10.6 Å². The molecule has 108 valence electrons. The molecule has 0 saturated heterocycles. The van der Waals surface area contributed by atoms with E-state index in [1.165, 1.54) is 25.3 Å². The summed E-state index contributed by atoms with van der Waals surface area (Å²) in [7, 11) is 1.33. The molecule has 1 aromatic carbocycles. The van der Waals surface area contributed by atoms with Crippen LogP contribution in [0.15, 0.2) is 18.2 Å². The van der Waals surface area contributed by atoms with Crippen molar-refractivity contribution in [3.63, 3.8) is 0 Å². The SMILES string of the molecule is COc1cc(NC(=O)NCC2(C(=O)O)CC2)ccc1F. The van der Waals surface area contributed by atoms with Crippen molar-refractivity contribution in [1.82, 2.24) is 5.32 Å². The van der Waals surface area contributed by atoms with Crippen molar-refractivity contribution in [2.75, 3.05) is 19.0 Å². The number of ether oxygens (including phenoxy) is 1. The van der Waals surface area contributed by atoms with E-state index >= 15 is 0 Å². The number of carboxylic acid groups (broad SMARTS) is 1. The molecule has 0 radical (unpaired) electrons. The molecule has 0 aromatic heterocycles. The van der Waals surface area contributed by atoms with E-state index in [9.17, 15) is 14.0 Å². The van der Waals surface area contributed by atoms with Crippen LogP contribution in [0.4, 0.5) is 14.9 Å². The fourth-order valence-corrected chi connectivity index (χ4v) is 1.78. The molecule has 1 aromatic rings. The molecule has 0 heterocycles. The van der Waals surface area contributed by atoms with Crippen LogP contribution in [-0.4, -0.2) is 30.8 Å². The molecule has 0 spiro atoms. The van der Waals surface area contributed by atoms with Gasteiger partial charge in [0.25, 0.3) is 0 Å². The van der Waals surface area contributed by atoms with Gasteiger partial charge in [0.15, 0.2) is 11.6 Å².